The van der Waals surface area contributed by atoms with Crippen LogP contribution in [0.1, 0.15) is 30.1 Å². The third kappa shape index (κ3) is 3.41. The van der Waals surface area contributed by atoms with E-state index in [9.17, 15) is 0 Å². The molecule has 1 fully saturated rings. The van der Waals surface area contributed by atoms with Crippen LogP contribution in [0.5, 0.6) is 0 Å². The van der Waals surface area contributed by atoms with Crippen LogP contribution in [0.4, 0.5) is 11.8 Å². The van der Waals surface area contributed by atoms with Gasteiger partial charge < -0.3 is 16.0 Å². The van der Waals surface area contributed by atoms with Crippen molar-refractivity contribution in [3.8, 4) is 0 Å². The van der Waals surface area contributed by atoms with Gasteiger partial charge in [0.05, 0.1) is 9.92 Å². The number of pyridine rings is 2. The second-order valence-corrected chi connectivity index (χ2v) is 10.4. The van der Waals surface area contributed by atoms with Gasteiger partial charge in [-0.1, -0.05) is 29.4 Å². The van der Waals surface area contributed by atoms with Crippen molar-refractivity contribution in [2.24, 2.45) is 11.1 Å². The van der Waals surface area contributed by atoms with Crippen LogP contribution in [-0.4, -0.2) is 44.5 Å². The molecule has 174 valence electrons. The number of rotatable bonds is 4. The minimum Gasteiger partial charge on any atom is -0.372 e. The van der Waals surface area contributed by atoms with E-state index in [-0.39, 0.29) is 11.5 Å². The Labute approximate surface area is 207 Å². The molecule has 1 saturated heterocycles. The van der Waals surface area contributed by atoms with Crippen LogP contribution >= 0.6 is 23.4 Å². The van der Waals surface area contributed by atoms with Gasteiger partial charge >= 0.3 is 0 Å². The molecular weight excluding hydrogens is 468 g/mol. The molecule has 1 aliphatic carbocycles. The standard InChI is InChI=1S/C24H25ClN8S/c1-27-21-19(25)17(4-8-29-21)34-18-14-31-23(33-12-9-30-22(18)33)32-10-5-24(6-11-32)13-16-15(20(24)26)3-2-7-28-16/h2-4,7-9,12,14,20H,5-6,10-11,13,26H2,1H3,(H,27,29)/t20-/m1/s1. The molecule has 8 nitrogen and oxygen atoms in total. The van der Waals surface area contributed by atoms with Gasteiger partial charge in [0.15, 0.2) is 5.65 Å². The average molecular weight is 493 g/mol. The van der Waals surface area contributed by atoms with E-state index in [2.05, 4.69) is 35.6 Å². The van der Waals surface area contributed by atoms with Crippen molar-refractivity contribution in [3.63, 3.8) is 0 Å². The van der Waals surface area contributed by atoms with Gasteiger partial charge in [0.1, 0.15) is 5.82 Å². The maximum absolute atomic E-state index is 6.73. The normalized spacial score (nSPS) is 19.0. The summed E-state index contributed by atoms with van der Waals surface area (Å²) in [6.45, 7) is 1.80. The molecule has 5 heterocycles. The predicted octanol–water partition coefficient (Wildman–Crippen LogP) is 4.21. The summed E-state index contributed by atoms with van der Waals surface area (Å²) < 4.78 is 2.07. The van der Waals surface area contributed by atoms with Crippen LogP contribution in [0.3, 0.4) is 0 Å². The summed E-state index contributed by atoms with van der Waals surface area (Å²) in [5.74, 6) is 1.56. The lowest BCUT2D eigenvalue weighted by Crippen LogP contribution is -2.45. The zero-order valence-corrected chi connectivity index (χ0v) is 20.4. The number of piperidine rings is 1. The van der Waals surface area contributed by atoms with E-state index in [4.69, 9.17) is 22.3 Å². The minimum absolute atomic E-state index is 0.0472. The summed E-state index contributed by atoms with van der Waals surface area (Å²) in [4.78, 5) is 22.5. The molecule has 3 N–H and O–H groups in total. The van der Waals surface area contributed by atoms with Gasteiger partial charge in [-0.25, -0.2) is 15.0 Å². The highest BCUT2D eigenvalue weighted by molar-refractivity contribution is 7.99. The summed E-state index contributed by atoms with van der Waals surface area (Å²) in [7, 11) is 1.81. The van der Waals surface area contributed by atoms with E-state index < -0.39 is 0 Å². The lowest BCUT2D eigenvalue weighted by Gasteiger charge is -2.42. The third-order valence-electron chi connectivity index (χ3n) is 7.17. The van der Waals surface area contributed by atoms with Gasteiger partial charge in [0.2, 0.25) is 5.95 Å². The molecule has 4 aromatic heterocycles. The van der Waals surface area contributed by atoms with Gasteiger partial charge in [0, 0.05) is 67.8 Å². The van der Waals surface area contributed by atoms with Crippen LogP contribution in [0.15, 0.2) is 59.0 Å². The van der Waals surface area contributed by atoms with E-state index in [1.54, 1.807) is 18.0 Å². The number of imidazole rings is 1. The Morgan fingerprint density at radius 1 is 1.09 bits per heavy atom. The summed E-state index contributed by atoms with van der Waals surface area (Å²) in [6, 6.07) is 6.08. The molecule has 4 aromatic rings. The number of anilines is 2. The molecule has 1 aliphatic heterocycles. The molecule has 1 spiro atoms. The molecule has 6 rings (SSSR count). The first kappa shape index (κ1) is 21.6. The molecule has 0 saturated carbocycles. The van der Waals surface area contributed by atoms with E-state index in [0.717, 1.165) is 59.4 Å². The third-order valence-corrected chi connectivity index (χ3v) is 8.73. The molecule has 0 unspecified atom stereocenters. The SMILES string of the molecule is CNc1nccc(Sc2cnc(N3CCC4(CC3)Cc3ncccc3[C@H]4N)n3ccnc23)c1Cl. The largest absolute Gasteiger partial charge is 0.372 e. The van der Waals surface area contributed by atoms with Crippen LogP contribution in [0.25, 0.3) is 5.65 Å². The van der Waals surface area contributed by atoms with E-state index >= 15 is 0 Å². The molecule has 2 aliphatic rings. The highest BCUT2D eigenvalue weighted by Gasteiger charge is 2.46. The lowest BCUT2D eigenvalue weighted by molar-refractivity contribution is 0.186. The van der Waals surface area contributed by atoms with Crippen LogP contribution in [-0.2, 0) is 6.42 Å². The monoisotopic (exact) mass is 492 g/mol. The van der Waals surface area contributed by atoms with Gasteiger partial charge in [-0.05, 0) is 42.4 Å². The Kier molecular flexibility index (Phi) is 5.35. The lowest BCUT2D eigenvalue weighted by atomic mass is 9.73. The number of hydrogen-bond donors (Lipinski definition) is 2. The summed E-state index contributed by atoms with van der Waals surface area (Å²) >= 11 is 8.07. The zero-order chi connectivity index (χ0) is 23.3. The van der Waals surface area contributed by atoms with Crippen molar-refractivity contribution >= 4 is 40.8 Å². The predicted molar refractivity (Wildman–Crippen MR) is 135 cm³/mol. The molecule has 0 amide bonds. The van der Waals surface area contributed by atoms with Crippen molar-refractivity contribution in [3.05, 3.63) is 65.5 Å². The second kappa shape index (κ2) is 8.41. The number of nitrogens with two attached hydrogens (primary N) is 1. The van der Waals surface area contributed by atoms with Gasteiger partial charge in [-0.2, -0.15) is 0 Å². The number of fused-ring (bicyclic) bond motifs is 2. The molecular formula is C24H25ClN8S. The highest BCUT2D eigenvalue weighted by atomic mass is 35.5. The summed E-state index contributed by atoms with van der Waals surface area (Å²) in [5, 5.41) is 3.61. The summed E-state index contributed by atoms with van der Waals surface area (Å²) in [5.41, 5.74) is 10.1. The first-order valence-corrected chi connectivity index (χ1v) is 12.6. The van der Waals surface area contributed by atoms with Crippen molar-refractivity contribution < 1.29 is 0 Å². The van der Waals surface area contributed by atoms with E-state index in [1.165, 1.54) is 5.56 Å². The number of nitrogens with zero attached hydrogens (tertiary/aromatic N) is 6. The molecule has 0 bridgehead atoms. The first-order chi connectivity index (χ1) is 16.6. The molecule has 0 aromatic carbocycles. The molecule has 1 atom stereocenters. The topological polar surface area (TPSA) is 97.3 Å². The van der Waals surface area contributed by atoms with Gasteiger partial charge in [0.25, 0.3) is 0 Å². The quantitative estimate of drug-likeness (QED) is 0.437. The fourth-order valence-corrected chi connectivity index (χ4v) is 6.50. The number of halogens is 1. The Morgan fingerprint density at radius 3 is 2.74 bits per heavy atom. The fraction of sp³-hybridized carbons (Fsp3) is 0.333. The van der Waals surface area contributed by atoms with Crippen LogP contribution in [0, 0.1) is 5.41 Å². The Bertz CT molecular complexity index is 1360. The first-order valence-electron chi connectivity index (χ1n) is 11.4. The second-order valence-electron chi connectivity index (χ2n) is 8.91. The molecule has 34 heavy (non-hydrogen) atoms. The van der Waals surface area contributed by atoms with E-state index in [0.29, 0.717) is 10.8 Å². The number of hydrogen-bond acceptors (Lipinski definition) is 8. The van der Waals surface area contributed by atoms with Crippen molar-refractivity contribution in [2.45, 2.75) is 35.1 Å². The fourth-order valence-electron chi connectivity index (χ4n) is 5.28. The Morgan fingerprint density at radius 2 is 1.94 bits per heavy atom. The van der Waals surface area contributed by atoms with Crippen molar-refractivity contribution in [1.29, 1.82) is 0 Å². The molecule has 10 heteroatoms. The maximum atomic E-state index is 6.73. The summed E-state index contributed by atoms with van der Waals surface area (Å²) in [6.07, 6.45) is 12.3. The minimum atomic E-state index is 0.0472. The average Bonchev–Trinajstić information content (AvgIpc) is 3.46. The number of aromatic nitrogens is 5. The Hall–Kier alpha value is -2.88. The smallest absolute Gasteiger partial charge is 0.211 e. The van der Waals surface area contributed by atoms with E-state index in [1.807, 2.05) is 44.0 Å². The van der Waals surface area contributed by atoms with Crippen LogP contribution in [0.2, 0.25) is 5.02 Å². The van der Waals surface area contributed by atoms with Crippen LogP contribution < -0.4 is 16.0 Å². The zero-order valence-electron chi connectivity index (χ0n) is 18.8. The maximum Gasteiger partial charge on any atom is 0.211 e. The number of nitrogens with one attached hydrogen (secondary N) is 1. The van der Waals surface area contributed by atoms with Crippen molar-refractivity contribution in [1.82, 2.24) is 24.3 Å². The molecule has 0 radical (unpaired) electrons. The van der Waals surface area contributed by atoms with Crippen molar-refractivity contribution in [2.75, 3.05) is 30.4 Å². The van der Waals surface area contributed by atoms with Gasteiger partial charge in [-0.3, -0.25) is 9.38 Å². The van der Waals surface area contributed by atoms with Gasteiger partial charge in [-0.15, -0.1) is 0 Å². The highest BCUT2D eigenvalue weighted by Crippen LogP contribution is 2.50. The Balaban J connectivity index is 1.25.